The van der Waals surface area contributed by atoms with Crippen molar-refractivity contribution in [2.45, 2.75) is 51.0 Å². The van der Waals surface area contributed by atoms with Crippen LogP contribution in [0.5, 0.6) is 0 Å². The summed E-state index contributed by atoms with van der Waals surface area (Å²) >= 11 is 0. The molecule has 0 saturated heterocycles. The van der Waals surface area contributed by atoms with Crippen molar-refractivity contribution in [3.05, 3.63) is 94.0 Å². The fourth-order valence-electron chi connectivity index (χ4n) is 4.13. The Kier molecular flexibility index (Phi) is 6.07. The van der Waals surface area contributed by atoms with E-state index in [4.69, 9.17) is 0 Å². The molecule has 0 fully saturated rings. The highest BCUT2D eigenvalue weighted by atomic mass is 32.2. The average molecular weight is 449 g/mol. The summed E-state index contributed by atoms with van der Waals surface area (Å²) in [6.45, 7) is 5.62. The lowest BCUT2D eigenvalue weighted by atomic mass is 10.0. The van der Waals surface area contributed by atoms with Gasteiger partial charge in [0.2, 0.25) is 0 Å². The molecule has 1 aliphatic rings. The van der Waals surface area contributed by atoms with E-state index in [1.54, 1.807) is 49.4 Å². The number of anilines is 1. The second-order valence-corrected chi connectivity index (χ2v) is 10.2. The van der Waals surface area contributed by atoms with Crippen LogP contribution in [0.1, 0.15) is 57.6 Å². The molecule has 0 aromatic heterocycles. The van der Waals surface area contributed by atoms with Crippen molar-refractivity contribution in [1.29, 1.82) is 0 Å². The van der Waals surface area contributed by atoms with E-state index in [0.29, 0.717) is 16.8 Å². The van der Waals surface area contributed by atoms with Gasteiger partial charge in [0.1, 0.15) is 0 Å². The van der Waals surface area contributed by atoms with E-state index in [1.165, 1.54) is 17.5 Å². The number of aryl methyl sites for hydroxylation is 3. The van der Waals surface area contributed by atoms with E-state index in [1.807, 2.05) is 13.8 Å². The van der Waals surface area contributed by atoms with Crippen LogP contribution in [0.15, 0.2) is 65.6 Å². The molecule has 0 bridgehead atoms. The normalized spacial score (nSPS) is 14.0. The molecular formula is C26H28N2O3S. The van der Waals surface area contributed by atoms with Crippen LogP contribution in [0.3, 0.4) is 0 Å². The maximum Gasteiger partial charge on any atom is 0.261 e. The zero-order chi connectivity index (χ0) is 22.9. The number of carbonyl (C=O) groups is 1. The van der Waals surface area contributed by atoms with Gasteiger partial charge in [-0.2, -0.15) is 0 Å². The molecular weight excluding hydrogens is 420 g/mol. The van der Waals surface area contributed by atoms with Gasteiger partial charge in [-0.05, 0) is 86.6 Å². The predicted octanol–water partition coefficient (Wildman–Crippen LogP) is 5.08. The first-order chi connectivity index (χ1) is 15.2. The van der Waals surface area contributed by atoms with Crippen LogP contribution in [0.4, 0.5) is 5.69 Å². The fourth-order valence-corrected chi connectivity index (χ4v) is 5.26. The van der Waals surface area contributed by atoms with Crippen LogP contribution in [0, 0.1) is 13.8 Å². The van der Waals surface area contributed by atoms with Crippen molar-refractivity contribution in [3.8, 4) is 0 Å². The Morgan fingerprint density at radius 3 is 2.41 bits per heavy atom. The third kappa shape index (κ3) is 4.55. The zero-order valence-corrected chi connectivity index (χ0v) is 19.4. The molecule has 0 radical (unpaired) electrons. The molecule has 3 aromatic carbocycles. The lowest BCUT2D eigenvalue weighted by Gasteiger charge is -2.18. The molecule has 1 amide bonds. The Bertz CT molecular complexity index is 1260. The maximum absolute atomic E-state index is 13.0. The molecule has 1 atom stereocenters. The molecule has 0 unspecified atom stereocenters. The molecule has 6 heteroatoms. The monoisotopic (exact) mass is 448 g/mol. The molecule has 0 heterocycles. The van der Waals surface area contributed by atoms with E-state index < -0.39 is 10.0 Å². The SMILES string of the molecule is Cc1ccc(S(=O)(=O)Nc2cccc(C(=O)N[C@H](C)c3ccc4c(c3)CCC4)c2C)cc1. The fraction of sp³-hybridized carbons (Fsp3) is 0.269. The number of amides is 1. The van der Waals surface area contributed by atoms with Crippen LogP contribution >= 0.6 is 0 Å². The first-order valence-corrected chi connectivity index (χ1v) is 12.3. The number of sulfonamides is 1. The van der Waals surface area contributed by atoms with Gasteiger partial charge in [0.05, 0.1) is 16.6 Å². The Morgan fingerprint density at radius 2 is 1.66 bits per heavy atom. The highest BCUT2D eigenvalue weighted by Gasteiger charge is 2.20. The number of hydrogen-bond donors (Lipinski definition) is 2. The van der Waals surface area contributed by atoms with Crippen molar-refractivity contribution < 1.29 is 13.2 Å². The highest BCUT2D eigenvalue weighted by molar-refractivity contribution is 7.92. The van der Waals surface area contributed by atoms with Crippen molar-refractivity contribution in [2.75, 3.05) is 4.72 Å². The second-order valence-electron chi connectivity index (χ2n) is 8.47. The lowest BCUT2D eigenvalue weighted by molar-refractivity contribution is 0.0939. The van der Waals surface area contributed by atoms with Gasteiger partial charge in [0, 0.05) is 5.56 Å². The Morgan fingerprint density at radius 1 is 0.938 bits per heavy atom. The van der Waals surface area contributed by atoms with Crippen molar-refractivity contribution in [1.82, 2.24) is 5.32 Å². The molecule has 3 aromatic rings. The number of carbonyl (C=O) groups excluding carboxylic acids is 1. The first kappa shape index (κ1) is 22.1. The summed E-state index contributed by atoms with van der Waals surface area (Å²) in [7, 11) is -3.75. The standard InChI is InChI=1S/C26H28N2O3S/c1-17-10-14-23(15-11-17)32(30,31)28-25-9-5-8-24(18(25)2)26(29)27-19(3)21-13-12-20-6-4-7-22(20)16-21/h5,8-16,19,28H,4,6-7H2,1-3H3,(H,27,29)/t19-/m1/s1. The van der Waals surface area contributed by atoms with Gasteiger partial charge in [-0.25, -0.2) is 8.42 Å². The Balaban J connectivity index is 1.52. The van der Waals surface area contributed by atoms with E-state index >= 15 is 0 Å². The Hall–Kier alpha value is -3.12. The molecule has 0 aliphatic heterocycles. The van der Waals surface area contributed by atoms with Crippen LogP contribution in [0.2, 0.25) is 0 Å². The van der Waals surface area contributed by atoms with Gasteiger partial charge in [-0.15, -0.1) is 0 Å². The molecule has 4 rings (SSSR count). The van der Waals surface area contributed by atoms with E-state index in [9.17, 15) is 13.2 Å². The predicted molar refractivity (Wildman–Crippen MR) is 128 cm³/mol. The summed E-state index contributed by atoms with van der Waals surface area (Å²) in [5.41, 5.74) is 6.25. The number of hydrogen-bond acceptors (Lipinski definition) is 3. The van der Waals surface area contributed by atoms with E-state index in [2.05, 4.69) is 28.2 Å². The summed E-state index contributed by atoms with van der Waals surface area (Å²) in [6, 6.07) is 18.0. The molecule has 0 saturated carbocycles. The summed E-state index contributed by atoms with van der Waals surface area (Å²) in [6.07, 6.45) is 3.40. The van der Waals surface area contributed by atoms with Gasteiger partial charge < -0.3 is 5.32 Å². The van der Waals surface area contributed by atoms with Gasteiger partial charge in [0.15, 0.2) is 0 Å². The minimum Gasteiger partial charge on any atom is -0.346 e. The summed E-state index contributed by atoms with van der Waals surface area (Å²) in [5, 5.41) is 3.06. The number of nitrogens with one attached hydrogen (secondary N) is 2. The van der Waals surface area contributed by atoms with Crippen molar-refractivity contribution in [2.24, 2.45) is 0 Å². The van der Waals surface area contributed by atoms with Crippen molar-refractivity contribution >= 4 is 21.6 Å². The van der Waals surface area contributed by atoms with Crippen LogP contribution < -0.4 is 10.0 Å². The van der Waals surface area contributed by atoms with E-state index in [-0.39, 0.29) is 16.8 Å². The Labute approximate surface area is 189 Å². The zero-order valence-electron chi connectivity index (χ0n) is 18.6. The maximum atomic E-state index is 13.0. The minimum absolute atomic E-state index is 0.152. The third-order valence-electron chi connectivity index (χ3n) is 6.12. The minimum atomic E-state index is -3.75. The third-order valence-corrected chi connectivity index (χ3v) is 7.51. The average Bonchev–Trinajstić information content (AvgIpc) is 3.23. The molecule has 5 nitrogen and oxygen atoms in total. The number of fused-ring (bicyclic) bond motifs is 1. The first-order valence-electron chi connectivity index (χ1n) is 10.9. The van der Waals surface area contributed by atoms with Gasteiger partial charge >= 0.3 is 0 Å². The number of benzene rings is 3. The largest absolute Gasteiger partial charge is 0.346 e. The molecule has 32 heavy (non-hydrogen) atoms. The lowest BCUT2D eigenvalue weighted by Crippen LogP contribution is -2.27. The van der Waals surface area contributed by atoms with Crippen molar-refractivity contribution in [3.63, 3.8) is 0 Å². The van der Waals surface area contributed by atoms with Crippen LogP contribution in [-0.4, -0.2) is 14.3 Å². The quantitative estimate of drug-likeness (QED) is 0.552. The van der Waals surface area contributed by atoms with Gasteiger partial charge in [-0.1, -0.05) is 42.0 Å². The number of rotatable bonds is 6. The summed E-state index contributed by atoms with van der Waals surface area (Å²) in [4.78, 5) is 13.2. The second kappa shape index (κ2) is 8.79. The molecule has 0 spiro atoms. The van der Waals surface area contributed by atoms with Crippen LogP contribution in [0.25, 0.3) is 0 Å². The van der Waals surface area contributed by atoms with E-state index in [0.717, 1.165) is 24.0 Å². The topological polar surface area (TPSA) is 75.3 Å². The molecule has 2 N–H and O–H groups in total. The summed E-state index contributed by atoms with van der Waals surface area (Å²) < 4.78 is 28.2. The van der Waals surface area contributed by atoms with Gasteiger partial charge in [-0.3, -0.25) is 9.52 Å². The molecule has 1 aliphatic carbocycles. The smallest absolute Gasteiger partial charge is 0.261 e. The summed E-state index contributed by atoms with van der Waals surface area (Å²) in [5.74, 6) is -0.230. The highest BCUT2D eigenvalue weighted by Crippen LogP contribution is 2.27. The van der Waals surface area contributed by atoms with Crippen LogP contribution in [-0.2, 0) is 22.9 Å². The van der Waals surface area contributed by atoms with Gasteiger partial charge in [0.25, 0.3) is 15.9 Å². The molecule has 166 valence electrons.